The first kappa shape index (κ1) is 15.5. The lowest BCUT2D eigenvalue weighted by Crippen LogP contribution is -2.03. The van der Waals surface area contributed by atoms with Gasteiger partial charge in [-0.15, -0.1) is 0 Å². The number of nitrogens with zero attached hydrogens (tertiary/aromatic N) is 2. The summed E-state index contributed by atoms with van der Waals surface area (Å²) in [6, 6.07) is 8.04. The van der Waals surface area contributed by atoms with Crippen molar-refractivity contribution in [1.29, 1.82) is 0 Å². The first-order chi connectivity index (χ1) is 9.99. The summed E-state index contributed by atoms with van der Waals surface area (Å²) >= 11 is 9.44. The first-order valence-corrected chi connectivity index (χ1v) is 7.29. The molecule has 2 rings (SSSR count). The third-order valence-electron chi connectivity index (χ3n) is 2.57. The summed E-state index contributed by atoms with van der Waals surface area (Å²) in [5, 5.41) is 17.4. The second-order valence-electron chi connectivity index (χ2n) is 4.13. The van der Waals surface area contributed by atoms with Crippen molar-refractivity contribution in [1.82, 2.24) is 4.98 Å². The molecule has 0 aliphatic rings. The van der Waals surface area contributed by atoms with Crippen LogP contribution in [0.15, 0.2) is 34.8 Å². The van der Waals surface area contributed by atoms with Crippen LogP contribution < -0.4 is 10.6 Å². The van der Waals surface area contributed by atoms with E-state index in [1.807, 2.05) is 6.92 Å². The molecule has 2 aromatic rings. The van der Waals surface area contributed by atoms with Crippen LogP contribution in [0, 0.1) is 10.1 Å². The van der Waals surface area contributed by atoms with Crippen LogP contribution in [0.4, 0.5) is 23.0 Å². The predicted octanol–water partition coefficient (Wildman–Crippen LogP) is 4.58. The molecule has 0 aliphatic heterocycles. The molecule has 0 fully saturated rings. The fourth-order valence-electron chi connectivity index (χ4n) is 1.69. The maximum atomic E-state index is 11.0. The Hall–Kier alpha value is -1.86. The molecule has 0 saturated heterocycles. The van der Waals surface area contributed by atoms with E-state index in [9.17, 15) is 10.1 Å². The van der Waals surface area contributed by atoms with E-state index >= 15 is 0 Å². The highest BCUT2D eigenvalue weighted by atomic mass is 79.9. The van der Waals surface area contributed by atoms with E-state index in [2.05, 4.69) is 31.5 Å². The van der Waals surface area contributed by atoms with Crippen molar-refractivity contribution in [2.45, 2.75) is 6.92 Å². The molecule has 0 saturated carbocycles. The summed E-state index contributed by atoms with van der Waals surface area (Å²) < 4.78 is 0.840. The van der Waals surface area contributed by atoms with Crippen LogP contribution in [0.25, 0.3) is 0 Å². The van der Waals surface area contributed by atoms with Crippen LogP contribution in [0.5, 0.6) is 0 Å². The van der Waals surface area contributed by atoms with Gasteiger partial charge in [0, 0.05) is 11.0 Å². The van der Waals surface area contributed by atoms with E-state index < -0.39 is 4.92 Å². The summed E-state index contributed by atoms with van der Waals surface area (Å²) in [6.07, 6.45) is 0. The van der Waals surface area contributed by atoms with E-state index in [4.69, 9.17) is 11.6 Å². The van der Waals surface area contributed by atoms with Gasteiger partial charge >= 0.3 is 0 Å². The van der Waals surface area contributed by atoms with Crippen molar-refractivity contribution >= 4 is 50.5 Å². The minimum atomic E-state index is -0.462. The zero-order valence-electron chi connectivity index (χ0n) is 11.1. The number of rotatable bonds is 5. The lowest BCUT2D eigenvalue weighted by molar-refractivity contribution is -0.384. The second kappa shape index (κ2) is 6.73. The molecule has 0 atom stereocenters. The Bertz CT molecular complexity index is 681. The zero-order chi connectivity index (χ0) is 15.4. The molecule has 0 amide bonds. The summed E-state index contributed by atoms with van der Waals surface area (Å²) in [5.41, 5.74) is 0.566. The monoisotopic (exact) mass is 370 g/mol. The van der Waals surface area contributed by atoms with Gasteiger partial charge in [-0.05, 0) is 25.1 Å². The number of benzene rings is 1. The molecule has 0 aliphatic carbocycles. The molecule has 8 heteroatoms. The van der Waals surface area contributed by atoms with Crippen LogP contribution in [0.3, 0.4) is 0 Å². The number of pyridine rings is 1. The number of aromatic nitrogens is 1. The van der Waals surface area contributed by atoms with Gasteiger partial charge in [0.25, 0.3) is 5.69 Å². The van der Waals surface area contributed by atoms with Crippen molar-refractivity contribution in [3.8, 4) is 0 Å². The van der Waals surface area contributed by atoms with Gasteiger partial charge in [-0.1, -0.05) is 27.5 Å². The number of halogens is 2. The Kier molecular flexibility index (Phi) is 4.98. The predicted molar refractivity (Wildman–Crippen MR) is 87.5 cm³/mol. The average molecular weight is 372 g/mol. The Balaban J connectivity index is 2.38. The van der Waals surface area contributed by atoms with Gasteiger partial charge in [-0.2, -0.15) is 0 Å². The molecule has 21 heavy (non-hydrogen) atoms. The topological polar surface area (TPSA) is 80.1 Å². The van der Waals surface area contributed by atoms with Crippen molar-refractivity contribution < 1.29 is 4.92 Å². The molecule has 110 valence electrons. The fourth-order valence-corrected chi connectivity index (χ4v) is 2.21. The van der Waals surface area contributed by atoms with E-state index in [1.165, 1.54) is 12.1 Å². The third-order valence-corrected chi connectivity index (χ3v) is 3.39. The van der Waals surface area contributed by atoms with Crippen molar-refractivity contribution in [3.63, 3.8) is 0 Å². The largest absolute Gasteiger partial charge is 0.370 e. The van der Waals surface area contributed by atoms with Gasteiger partial charge in [0.05, 0.1) is 27.8 Å². The van der Waals surface area contributed by atoms with Gasteiger partial charge in [0.15, 0.2) is 0 Å². The average Bonchev–Trinajstić information content (AvgIpc) is 2.43. The maximum Gasteiger partial charge on any atom is 0.276 e. The van der Waals surface area contributed by atoms with Crippen molar-refractivity contribution in [2.24, 2.45) is 0 Å². The second-order valence-corrected chi connectivity index (χ2v) is 5.46. The molecule has 0 bridgehead atoms. The summed E-state index contributed by atoms with van der Waals surface area (Å²) in [7, 11) is 0. The van der Waals surface area contributed by atoms with Gasteiger partial charge in [-0.25, -0.2) is 4.98 Å². The highest BCUT2D eigenvalue weighted by molar-refractivity contribution is 9.10. The smallest absolute Gasteiger partial charge is 0.276 e. The van der Waals surface area contributed by atoms with Gasteiger partial charge in [-0.3, -0.25) is 10.1 Å². The zero-order valence-corrected chi connectivity index (χ0v) is 13.4. The quantitative estimate of drug-likeness (QED) is 0.594. The van der Waals surface area contributed by atoms with Gasteiger partial charge in [0.2, 0.25) is 0 Å². The maximum absolute atomic E-state index is 11.0. The molecule has 0 spiro atoms. The Morgan fingerprint density at radius 2 is 2.05 bits per heavy atom. The number of nitrogens with one attached hydrogen (secondary N) is 2. The number of hydrogen-bond acceptors (Lipinski definition) is 5. The summed E-state index contributed by atoms with van der Waals surface area (Å²) in [5.74, 6) is 0.778. The Morgan fingerprint density at radius 3 is 2.71 bits per heavy atom. The number of nitro groups is 1. The van der Waals surface area contributed by atoms with Crippen LogP contribution in [0.1, 0.15) is 6.92 Å². The minimum absolute atomic E-state index is 0.0467. The van der Waals surface area contributed by atoms with Crippen LogP contribution in [0.2, 0.25) is 5.02 Å². The minimum Gasteiger partial charge on any atom is -0.370 e. The summed E-state index contributed by atoms with van der Waals surface area (Å²) in [6.45, 7) is 2.50. The molecule has 1 heterocycles. The highest BCUT2D eigenvalue weighted by Crippen LogP contribution is 2.30. The van der Waals surface area contributed by atoms with Crippen LogP contribution in [-0.2, 0) is 0 Å². The van der Waals surface area contributed by atoms with Gasteiger partial charge < -0.3 is 10.6 Å². The lowest BCUT2D eigenvalue weighted by atomic mass is 10.3. The fraction of sp³-hybridized carbons (Fsp3) is 0.154. The van der Waals surface area contributed by atoms with Crippen LogP contribution >= 0.6 is 27.5 Å². The Labute approximate surface area is 134 Å². The number of anilines is 3. The molecule has 1 aromatic heterocycles. The number of hydrogen-bond donors (Lipinski definition) is 2. The highest BCUT2D eigenvalue weighted by Gasteiger charge is 2.12. The van der Waals surface area contributed by atoms with E-state index in [-0.39, 0.29) is 5.69 Å². The van der Waals surface area contributed by atoms with Crippen LogP contribution in [-0.4, -0.2) is 16.5 Å². The van der Waals surface area contributed by atoms with E-state index in [0.29, 0.717) is 28.9 Å². The molecule has 6 nitrogen and oxygen atoms in total. The normalized spacial score (nSPS) is 10.2. The molecule has 2 N–H and O–H groups in total. The van der Waals surface area contributed by atoms with Crippen molar-refractivity contribution in [2.75, 3.05) is 17.2 Å². The SMILES string of the molecule is CCNc1cc([N+](=O)[O-])cc(Nc2cc(Br)ccc2Cl)n1. The van der Waals surface area contributed by atoms with Crippen molar-refractivity contribution in [3.05, 3.63) is 49.9 Å². The molecule has 1 aromatic carbocycles. The lowest BCUT2D eigenvalue weighted by Gasteiger charge is -2.10. The molecule has 0 unspecified atom stereocenters. The molecular weight excluding hydrogens is 360 g/mol. The third kappa shape index (κ3) is 4.05. The van der Waals surface area contributed by atoms with E-state index in [1.54, 1.807) is 18.2 Å². The Morgan fingerprint density at radius 1 is 1.33 bits per heavy atom. The molecule has 0 radical (unpaired) electrons. The first-order valence-electron chi connectivity index (χ1n) is 6.12. The van der Waals surface area contributed by atoms with Gasteiger partial charge in [0.1, 0.15) is 11.6 Å². The van der Waals surface area contributed by atoms with E-state index in [0.717, 1.165) is 4.47 Å². The molecular formula is C13H12BrClN4O2. The summed E-state index contributed by atoms with van der Waals surface area (Å²) in [4.78, 5) is 14.8. The standard InChI is InChI=1S/C13H12BrClN4O2/c1-2-16-12-6-9(19(20)21)7-13(18-12)17-11-5-8(14)3-4-10(11)15/h3-7H,2H2,1H3,(H2,16,17,18).